The molecule has 1 atom stereocenters. The molecule has 1 rings (SSSR count). The van der Waals surface area contributed by atoms with E-state index >= 15 is 0 Å². The highest BCUT2D eigenvalue weighted by atomic mass is 16.5. The van der Waals surface area contributed by atoms with Crippen molar-refractivity contribution >= 4 is 0 Å². The Labute approximate surface area is 122 Å². The molecule has 0 saturated heterocycles. The van der Waals surface area contributed by atoms with E-state index in [-0.39, 0.29) is 12.6 Å². The topological polar surface area (TPSA) is 50.7 Å². The molecular weight excluding hydrogens is 254 g/mol. The van der Waals surface area contributed by atoms with E-state index in [0.717, 1.165) is 37.3 Å². The van der Waals surface area contributed by atoms with Crippen LogP contribution in [0.15, 0.2) is 18.2 Å². The van der Waals surface area contributed by atoms with E-state index in [0.29, 0.717) is 6.61 Å². The second-order valence-corrected chi connectivity index (χ2v) is 4.81. The van der Waals surface area contributed by atoms with Crippen LogP contribution in [0, 0.1) is 0 Å². The van der Waals surface area contributed by atoms with Gasteiger partial charge >= 0.3 is 0 Å². The van der Waals surface area contributed by atoms with Gasteiger partial charge in [0.25, 0.3) is 0 Å². The minimum atomic E-state index is 0.0934. The van der Waals surface area contributed by atoms with Crippen molar-refractivity contribution in [3.05, 3.63) is 23.8 Å². The third-order valence-corrected chi connectivity index (χ3v) is 3.26. The number of aliphatic hydroxyl groups is 1. The number of benzene rings is 1. The Balaban J connectivity index is 2.48. The molecule has 0 bridgehead atoms. The Bertz CT molecular complexity index is 382. The maximum Gasteiger partial charge on any atom is 0.161 e. The molecule has 0 spiro atoms. The summed E-state index contributed by atoms with van der Waals surface area (Å²) < 4.78 is 11.1. The number of methoxy groups -OCH3 is 1. The first-order valence-electron chi connectivity index (χ1n) is 7.39. The lowest BCUT2D eigenvalue weighted by molar-refractivity contribution is 0.206. The van der Waals surface area contributed by atoms with Crippen LogP contribution < -0.4 is 14.8 Å². The van der Waals surface area contributed by atoms with Gasteiger partial charge in [-0.25, -0.2) is 0 Å². The number of aryl methyl sites for hydroxylation is 1. The van der Waals surface area contributed by atoms with Gasteiger partial charge in [0.05, 0.1) is 20.3 Å². The third kappa shape index (κ3) is 5.39. The second kappa shape index (κ2) is 9.61. The van der Waals surface area contributed by atoms with E-state index < -0.39 is 0 Å². The van der Waals surface area contributed by atoms with Crippen molar-refractivity contribution in [1.82, 2.24) is 5.32 Å². The Morgan fingerprint density at radius 2 is 2.05 bits per heavy atom. The van der Waals surface area contributed by atoms with Crippen molar-refractivity contribution in [2.24, 2.45) is 0 Å². The van der Waals surface area contributed by atoms with Gasteiger partial charge in [0, 0.05) is 6.04 Å². The van der Waals surface area contributed by atoms with Crippen LogP contribution in [0.1, 0.15) is 32.3 Å². The fourth-order valence-electron chi connectivity index (χ4n) is 1.97. The molecule has 4 nitrogen and oxygen atoms in total. The molecule has 0 fully saturated rings. The number of hydrogen-bond acceptors (Lipinski definition) is 4. The molecular formula is C16H27NO3. The number of nitrogens with one attached hydrogen (secondary N) is 1. The quantitative estimate of drug-likeness (QED) is 0.691. The molecule has 4 heteroatoms. The van der Waals surface area contributed by atoms with Crippen LogP contribution in [0.5, 0.6) is 11.5 Å². The van der Waals surface area contributed by atoms with E-state index in [9.17, 15) is 5.11 Å². The minimum Gasteiger partial charge on any atom is -0.493 e. The molecule has 0 aliphatic heterocycles. The van der Waals surface area contributed by atoms with Gasteiger partial charge in [-0.3, -0.25) is 0 Å². The third-order valence-electron chi connectivity index (χ3n) is 3.26. The Morgan fingerprint density at radius 3 is 2.65 bits per heavy atom. The molecule has 0 aliphatic rings. The SMILES string of the molecule is CCCNC(CO)CCOc1ccc(CC)cc1OC. The lowest BCUT2D eigenvalue weighted by Crippen LogP contribution is -2.34. The predicted molar refractivity (Wildman–Crippen MR) is 81.7 cm³/mol. The van der Waals surface area contributed by atoms with Crippen molar-refractivity contribution in [3.8, 4) is 11.5 Å². The van der Waals surface area contributed by atoms with E-state index in [2.05, 4.69) is 25.2 Å². The number of rotatable bonds is 10. The van der Waals surface area contributed by atoms with Crippen LogP contribution in [-0.4, -0.2) is 38.0 Å². The van der Waals surface area contributed by atoms with Crippen LogP contribution in [0.4, 0.5) is 0 Å². The molecule has 114 valence electrons. The van der Waals surface area contributed by atoms with Crippen molar-refractivity contribution in [1.29, 1.82) is 0 Å². The smallest absolute Gasteiger partial charge is 0.161 e. The van der Waals surface area contributed by atoms with E-state index in [4.69, 9.17) is 9.47 Å². The molecule has 0 radical (unpaired) electrons. The summed E-state index contributed by atoms with van der Waals surface area (Å²) in [5.74, 6) is 1.53. The summed E-state index contributed by atoms with van der Waals surface area (Å²) in [5.41, 5.74) is 1.23. The average molecular weight is 281 g/mol. The van der Waals surface area contributed by atoms with Crippen LogP contribution in [0.2, 0.25) is 0 Å². The van der Waals surface area contributed by atoms with Crippen molar-refractivity contribution in [2.45, 2.75) is 39.2 Å². The summed E-state index contributed by atoms with van der Waals surface area (Å²) in [6, 6.07) is 6.10. The van der Waals surface area contributed by atoms with Gasteiger partial charge in [0.15, 0.2) is 11.5 Å². The summed E-state index contributed by atoms with van der Waals surface area (Å²) in [7, 11) is 1.65. The molecule has 1 unspecified atom stereocenters. The zero-order chi connectivity index (χ0) is 14.8. The Morgan fingerprint density at radius 1 is 1.25 bits per heavy atom. The highest BCUT2D eigenvalue weighted by Gasteiger charge is 2.08. The van der Waals surface area contributed by atoms with E-state index in [1.54, 1.807) is 7.11 Å². The van der Waals surface area contributed by atoms with Crippen molar-refractivity contribution in [3.63, 3.8) is 0 Å². The maximum atomic E-state index is 9.28. The van der Waals surface area contributed by atoms with Gasteiger partial charge in [-0.15, -0.1) is 0 Å². The molecule has 1 aromatic rings. The van der Waals surface area contributed by atoms with Gasteiger partial charge in [-0.1, -0.05) is 19.9 Å². The molecule has 0 saturated carbocycles. The van der Waals surface area contributed by atoms with Crippen LogP contribution in [0.3, 0.4) is 0 Å². The van der Waals surface area contributed by atoms with Crippen LogP contribution >= 0.6 is 0 Å². The highest BCUT2D eigenvalue weighted by molar-refractivity contribution is 5.42. The van der Waals surface area contributed by atoms with Crippen molar-refractivity contribution in [2.75, 3.05) is 26.9 Å². The molecule has 2 N–H and O–H groups in total. The second-order valence-electron chi connectivity index (χ2n) is 4.81. The monoisotopic (exact) mass is 281 g/mol. The first kappa shape index (κ1) is 16.8. The normalized spacial score (nSPS) is 12.2. The summed E-state index contributed by atoms with van der Waals surface area (Å²) in [6.45, 7) is 5.83. The van der Waals surface area contributed by atoms with Crippen molar-refractivity contribution < 1.29 is 14.6 Å². The molecule has 0 aromatic heterocycles. The van der Waals surface area contributed by atoms with Gasteiger partial charge in [0.2, 0.25) is 0 Å². The fraction of sp³-hybridized carbons (Fsp3) is 0.625. The molecule has 20 heavy (non-hydrogen) atoms. The summed E-state index contributed by atoms with van der Waals surface area (Å²) >= 11 is 0. The zero-order valence-corrected chi connectivity index (χ0v) is 12.8. The lowest BCUT2D eigenvalue weighted by atomic mass is 10.1. The number of hydrogen-bond donors (Lipinski definition) is 2. The fourth-order valence-corrected chi connectivity index (χ4v) is 1.97. The van der Waals surface area contributed by atoms with Crippen LogP contribution in [-0.2, 0) is 6.42 Å². The van der Waals surface area contributed by atoms with Gasteiger partial charge < -0.3 is 19.9 Å². The Hall–Kier alpha value is -1.26. The largest absolute Gasteiger partial charge is 0.493 e. The van der Waals surface area contributed by atoms with Gasteiger partial charge in [-0.2, -0.15) is 0 Å². The first-order chi connectivity index (χ1) is 9.74. The molecule has 0 aliphatic carbocycles. The minimum absolute atomic E-state index is 0.0934. The van der Waals surface area contributed by atoms with E-state index in [1.807, 2.05) is 12.1 Å². The first-order valence-corrected chi connectivity index (χ1v) is 7.39. The van der Waals surface area contributed by atoms with Crippen LogP contribution in [0.25, 0.3) is 0 Å². The molecule has 0 heterocycles. The summed E-state index contributed by atoms with van der Waals surface area (Å²) in [4.78, 5) is 0. The predicted octanol–water partition coefficient (Wildman–Crippen LogP) is 2.39. The standard InChI is InChI=1S/C16H27NO3/c1-4-9-17-14(12-18)8-10-20-15-7-6-13(5-2)11-16(15)19-3/h6-7,11,14,17-18H,4-5,8-10,12H2,1-3H3. The van der Waals surface area contributed by atoms with E-state index in [1.165, 1.54) is 5.56 Å². The molecule has 0 amide bonds. The summed E-state index contributed by atoms with van der Waals surface area (Å²) in [5, 5.41) is 12.6. The maximum absolute atomic E-state index is 9.28. The number of aliphatic hydroxyl groups excluding tert-OH is 1. The summed E-state index contributed by atoms with van der Waals surface area (Å²) in [6.07, 6.45) is 2.81. The molecule has 1 aromatic carbocycles. The lowest BCUT2D eigenvalue weighted by Gasteiger charge is -2.17. The van der Waals surface area contributed by atoms with Gasteiger partial charge in [-0.05, 0) is 43.5 Å². The zero-order valence-electron chi connectivity index (χ0n) is 12.8. The highest BCUT2D eigenvalue weighted by Crippen LogP contribution is 2.28. The van der Waals surface area contributed by atoms with Gasteiger partial charge in [0.1, 0.15) is 0 Å². The Kier molecular flexibility index (Phi) is 8.07. The average Bonchev–Trinajstić information content (AvgIpc) is 2.50. The number of ether oxygens (including phenoxy) is 2.